The zero-order valence-electron chi connectivity index (χ0n) is 12.9. The minimum atomic E-state index is -4.54. The van der Waals surface area contributed by atoms with Crippen LogP contribution in [0.2, 0.25) is 0 Å². The van der Waals surface area contributed by atoms with Crippen LogP contribution in [0.4, 0.5) is 18.9 Å². The van der Waals surface area contributed by atoms with E-state index >= 15 is 0 Å². The smallest absolute Gasteiger partial charge is 0.321 e. The summed E-state index contributed by atoms with van der Waals surface area (Å²) in [5, 5.41) is 2.28. The molecule has 23 heavy (non-hydrogen) atoms. The molecule has 0 bridgehead atoms. The van der Waals surface area contributed by atoms with Crippen molar-refractivity contribution in [1.29, 1.82) is 0 Å². The summed E-state index contributed by atoms with van der Waals surface area (Å²) in [7, 11) is 0. The van der Waals surface area contributed by atoms with Crippen LogP contribution in [-0.4, -0.2) is 15.9 Å². The van der Waals surface area contributed by atoms with Gasteiger partial charge in [-0.05, 0) is 19.1 Å². The molecule has 1 N–H and O–H groups in total. The Hall–Kier alpha value is -2.44. The van der Waals surface area contributed by atoms with Gasteiger partial charge in [-0.25, -0.2) is 9.97 Å². The molecule has 0 radical (unpaired) electrons. The number of aryl methyl sites for hydroxylation is 1. The van der Waals surface area contributed by atoms with E-state index in [0.717, 1.165) is 6.07 Å². The standard InChI is InChI=1S/C16H16F3N3O/c1-9(2)14-20-8-11(10(3)21-14)15(23)22-13-7-5-4-6-12(13)16(17,18)19/h4-9H,1-3H3,(H,22,23). The second-order valence-corrected chi connectivity index (χ2v) is 5.38. The Bertz CT molecular complexity index is 727. The van der Waals surface area contributed by atoms with Gasteiger partial charge in [0.2, 0.25) is 0 Å². The highest BCUT2D eigenvalue weighted by Gasteiger charge is 2.33. The second kappa shape index (κ2) is 6.36. The number of aromatic nitrogens is 2. The average Bonchev–Trinajstić information content (AvgIpc) is 2.46. The molecular weight excluding hydrogens is 307 g/mol. The number of hydrogen-bond donors (Lipinski definition) is 1. The zero-order valence-corrected chi connectivity index (χ0v) is 12.9. The van der Waals surface area contributed by atoms with Gasteiger partial charge in [0.15, 0.2) is 0 Å². The number of nitrogens with zero attached hydrogens (tertiary/aromatic N) is 2. The summed E-state index contributed by atoms with van der Waals surface area (Å²) in [6.07, 6.45) is -3.21. The van der Waals surface area contributed by atoms with Crippen LogP contribution in [0.15, 0.2) is 30.5 Å². The molecule has 0 fully saturated rings. The molecule has 1 aromatic heterocycles. The molecule has 2 aromatic rings. The van der Waals surface area contributed by atoms with Crippen molar-refractivity contribution in [2.75, 3.05) is 5.32 Å². The van der Waals surface area contributed by atoms with Gasteiger partial charge in [-0.1, -0.05) is 26.0 Å². The van der Waals surface area contributed by atoms with Crippen LogP contribution in [0.1, 0.15) is 47.2 Å². The summed E-state index contributed by atoms with van der Waals surface area (Å²) in [5.74, 6) is 0.000939. The predicted octanol–water partition coefficient (Wildman–Crippen LogP) is 4.18. The van der Waals surface area contributed by atoms with Gasteiger partial charge in [0.25, 0.3) is 5.91 Å². The number of carbonyl (C=O) groups is 1. The van der Waals surface area contributed by atoms with Gasteiger partial charge < -0.3 is 5.32 Å². The Labute approximate surface area is 131 Å². The number of amides is 1. The average molecular weight is 323 g/mol. The van der Waals surface area contributed by atoms with Crippen molar-refractivity contribution in [3.63, 3.8) is 0 Å². The van der Waals surface area contributed by atoms with Crippen molar-refractivity contribution in [3.05, 3.63) is 53.1 Å². The molecule has 1 heterocycles. The van der Waals surface area contributed by atoms with Crippen molar-refractivity contribution >= 4 is 11.6 Å². The Kier molecular flexibility index (Phi) is 4.68. The van der Waals surface area contributed by atoms with Crippen LogP contribution < -0.4 is 5.32 Å². The number of benzene rings is 1. The third kappa shape index (κ3) is 3.85. The molecule has 0 atom stereocenters. The number of alkyl halides is 3. The van der Waals surface area contributed by atoms with E-state index in [4.69, 9.17) is 0 Å². The number of nitrogens with one attached hydrogen (secondary N) is 1. The number of hydrogen-bond acceptors (Lipinski definition) is 3. The topological polar surface area (TPSA) is 54.9 Å². The lowest BCUT2D eigenvalue weighted by Gasteiger charge is -2.14. The molecule has 0 aliphatic heterocycles. The largest absolute Gasteiger partial charge is 0.418 e. The molecule has 1 amide bonds. The van der Waals surface area contributed by atoms with Gasteiger partial charge in [0.05, 0.1) is 22.5 Å². The quantitative estimate of drug-likeness (QED) is 0.922. The van der Waals surface area contributed by atoms with E-state index < -0.39 is 17.6 Å². The van der Waals surface area contributed by atoms with Crippen LogP contribution in [0, 0.1) is 6.92 Å². The van der Waals surface area contributed by atoms with E-state index in [-0.39, 0.29) is 17.2 Å². The molecule has 0 aliphatic rings. The summed E-state index contributed by atoms with van der Waals surface area (Å²) in [6.45, 7) is 5.44. The third-order valence-corrected chi connectivity index (χ3v) is 3.24. The Morgan fingerprint density at radius 3 is 2.43 bits per heavy atom. The van der Waals surface area contributed by atoms with E-state index in [1.807, 2.05) is 13.8 Å². The maximum Gasteiger partial charge on any atom is 0.418 e. The van der Waals surface area contributed by atoms with Crippen LogP contribution >= 0.6 is 0 Å². The lowest BCUT2D eigenvalue weighted by molar-refractivity contribution is -0.136. The first kappa shape index (κ1) is 16.9. The van der Waals surface area contributed by atoms with Gasteiger partial charge in [-0.3, -0.25) is 4.79 Å². The summed E-state index contributed by atoms with van der Waals surface area (Å²) < 4.78 is 38.8. The molecule has 122 valence electrons. The molecule has 0 saturated carbocycles. The fraction of sp³-hybridized carbons (Fsp3) is 0.312. The summed E-state index contributed by atoms with van der Waals surface area (Å²) >= 11 is 0. The Morgan fingerprint density at radius 2 is 1.87 bits per heavy atom. The summed E-state index contributed by atoms with van der Waals surface area (Å²) in [5.41, 5.74) is -0.625. The predicted molar refractivity (Wildman–Crippen MR) is 80.3 cm³/mol. The first-order valence-electron chi connectivity index (χ1n) is 7.01. The Morgan fingerprint density at radius 1 is 1.22 bits per heavy atom. The van der Waals surface area contributed by atoms with Gasteiger partial charge >= 0.3 is 6.18 Å². The zero-order chi connectivity index (χ0) is 17.2. The minimum Gasteiger partial charge on any atom is -0.321 e. The van der Waals surface area contributed by atoms with Crippen molar-refractivity contribution < 1.29 is 18.0 Å². The minimum absolute atomic E-state index is 0.0942. The SMILES string of the molecule is Cc1nc(C(C)C)ncc1C(=O)Nc1ccccc1C(F)(F)F. The number of rotatable bonds is 3. The van der Waals surface area contributed by atoms with Crippen LogP contribution in [0.5, 0.6) is 0 Å². The van der Waals surface area contributed by atoms with E-state index in [9.17, 15) is 18.0 Å². The van der Waals surface area contributed by atoms with Gasteiger partial charge in [-0.15, -0.1) is 0 Å². The second-order valence-electron chi connectivity index (χ2n) is 5.38. The van der Waals surface area contributed by atoms with Gasteiger partial charge in [0, 0.05) is 12.1 Å². The van der Waals surface area contributed by atoms with Crippen molar-refractivity contribution in [1.82, 2.24) is 9.97 Å². The van der Waals surface area contributed by atoms with E-state index in [2.05, 4.69) is 15.3 Å². The molecule has 4 nitrogen and oxygen atoms in total. The van der Waals surface area contributed by atoms with E-state index in [1.54, 1.807) is 6.92 Å². The normalized spacial score (nSPS) is 11.6. The number of carbonyl (C=O) groups excluding carboxylic acids is 1. The summed E-state index contributed by atoms with van der Waals surface area (Å²) in [4.78, 5) is 20.5. The molecule has 2 rings (SSSR count). The van der Waals surface area contributed by atoms with Crippen LogP contribution in [0.3, 0.4) is 0 Å². The number of halogens is 3. The maximum absolute atomic E-state index is 12.9. The number of anilines is 1. The van der Waals surface area contributed by atoms with Crippen molar-refractivity contribution in [3.8, 4) is 0 Å². The highest BCUT2D eigenvalue weighted by Crippen LogP contribution is 2.34. The third-order valence-electron chi connectivity index (χ3n) is 3.24. The highest BCUT2D eigenvalue weighted by atomic mass is 19.4. The lowest BCUT2D eigenvalue weighted by atomic mass is 10.1. The fourth-order valence-electron chi connectivity index (χ4n) is 2.02. The molecule has 0 saturated heterocycles. The van der Waals surface area contributed by atoms with Crippen LogP contribution in [0.25, 0.3) is 0 Å². The highest BCUT2D eigenvalue weighted by molar-refractivity contribution is 6.05. The van der Waals surface area contributed by atoms with Gasteiger partial charge in [-0.2, -0.15) is 13.2 Å². The lowest BCUT2D eigenvalue weighted by Crippen LogP contribution is -2.18. The Balaban J connectivity index is 2.30. The van der Waals surface area contributed by atoms with E-state index in [0.29, 0.717) is 11.5 Å². The van der Waals surface area contributed by atoms with Crippen LogP contribution in [-0.2, 0) is 6.18 Å². The molecule has 1 aromatic carbocycles. The fourth-order valence-corrected chi connectivity index (χ4v) is 2.02. The van der Waals surface area contributed by atoms with Crippen molar-refractivity contribution in [2.45, 2.75) is 32.9 Å². The molecule has 7 heteroatoms. The van der Waals surface area contributed by atoms with Gasteiger partial charge in [0.1, 0.15) is 5.82 Å². The maximum atomic E-state index is 12.9. The monoisotopic (exact) mass is 323 g/mol. The molecule has 0 aliphatic carbocycles. The molecule has 0 spiro atoms. The van der Waals surface area contributed by atoms with E-state index in [1.165, 1.54) is 24.4 Å². The molecule has 0 unspecified atom stereocenters. The first-order chi connectivity index (χ1) is 10.7. The number of para-hydroxylation sites is 1. The summed E-state index contributed by atoms with van der Waals surface area (Å²) in [6, 6.07) is 4.82. The first-order valence-corrected chi connectivity index (χ1v) is 7.01. The van der Waals surface area contributed by atoms with Crippen molar-refractivity contribution in [2.24, 2.45) is 0 Å². The molecular formula is C16H16F3N3O.